The number of nitrogens with one attached hydrogen (secondary N) is 1. The molecule has 0 bridgehead atoms. The van der Waals surface area contributed by atoms with Crippen molar-refractivity contribution in [1.82, 2.24) is 5.32 Å². The highest BCUT2D eigenvalue weighted by Crippen LogP contribution is 2.40. The Morgan fingerprint density at radius 1 is 1.40 bits per heavy atom. The number of hydrogen-bond acceptors (Lipinski definition) is 4. The summed E-state index contributed by atoms with van der Waals surface area (Å²) in [5.74, 6) is -0.122. The number of nitrogens with two attached hydrogens (primary N) is 1. The second-order valence-corrected chi connectivity index (χ2v) is 6.96. The van der Waals surface area contributed by atoms with E-state index in [4.69, 9.17) is 5.73 Å². The highest BCUT2D eigenvalue weighted by atomic mass is 31.1. The molecule has 1 aliphatic carbocycles. The summed E-state index contributed by atoms with van der Waals surface area (Å²) in [5.41, 5.74) is 5.03. The van der Waals surface area contributed by atoms with Gasteiger partial charge in [-0.15, -0.1) is 0 Å². The van der Waals surface area contributed by atoms with Gasteiger partial charge >= 0.3 is 8.03 Å². The van der Waals surface area contributed by atoms with E-state index in [0.29, 0.717) is 0 Å². The summed E-state index contributed by atoms with van der Waals surface area (Å²) in [7, 11) is -2.31. The molecule has 1 amide bonds. The summed E-state index contributed by atoms with van der Waals surface area (Å²) in [6, 6.07) is -0.620. The summed E-state index contributed by atoms with van der Waals surface area (Å²) in [5, 5.41) is 12.5. The topological polar surface area (TPSA) is 113 Å². The minimum absolute atomic E-state index is 0.0762. The fourth-order valence-corrected chi connectivity index (χ4v) is 3.81. The average molecular weight is 305 g/mol. The van der Waals surface area contributed by atoms with E-state index >= 15 is 0 Å². The predicted molar refractivity (Wildman–Crippen MR) is 77.5 cm³/mol. The van der Waals surface area contributed by atoms with Gasteiger partial charge in [0, 0.05) is 18.9 Å². The molecule has 1 aliphatic rings. The van der Waals surface area contributed by atoms with Crippen molar-refractivity contribution >= 4 is 13.9 Å². The van der Waals surface area contributed by atoms with Gasteiger partial charge in [-0.1, -0.05) is 19.3 Å². The lowest BCUT2D eigenvalue weighted by Gasteiger charge is -2.24. The Balaban J connectivity index is 2.44. The fraction of sp³-hybridized carbons (Fsp3) is 0.923. The van der Waals surface area contributed by atoms with Crippen molar-refractivity contribution in [2.75, 3.05) is 6.54 Å². The van der Waals surface area contributed by atoms with E-state index in [1.165, 1.54) is 6.42 Å². The third-order valence-corrected chi connectivity index (χ3v) is 5.12. The molecule has 0 heterocycles. The number of aliphatic hydroxyl groups is 1. The Morgan fingerprint density at radius 3 is 2.50 bits per heavy atom. The average Bonchev–Trinajstić information content (AvgIpc) is 2.42. The number of amides is 1. The number of carbonyl (C=O) groups is 1. The largest absolute Gasteiger partial charge is 0.509 e. The minimum Gasteiger partial charge on any atom is -0.391 e. The Hall–Kier alpha value is -0.550. The first-order valence-corrected chi connectivity index (χ1v) is 8.56. The summed E-state index contributed by atoms with van der Waals surface area (Å²) in [6.45, 7) is 1.64. The molecule has 1 rings (SSSR count). The number of carbonyl (C=O) groups excluding carboxylic acids is 1. The van der Waals surface area contributed by atoms with Crippen LogP contribution in [0.2, 0.25) is 0 Å². The van der Waals surface area contributed by atoms with Crippen LogP contribution >= 0.6 is 8.03 Å². The van der Waals surface area contributed by atoms with Gasteiger partial charge in [0.05, 0.1) is 12.1 Å². The third kappa shape index (κ3) is 5.83. The van der Waals surface area contributed by atoms with E-state index < -0.39 is 20.2 Å². The molecular formula is C13H26N2O4P+. The molecule has 0 aromatic carbocycles. The quantitative estimate of drug-likeness (QED) is 0.522. The summed E-state index contributed by atoms with van der Waals surface area (Å²) in [6.07, 6.45) is 4.68. The van der Waals surface area contributed by atoms with Crippen molar-refractivity contribution in [2.24, 2.45) is 11.7 Å². The highest BCUT2D eigenvalue weighted by molar-refractivity contribution is 7.38. The Labute approximate surface area is 121 Å². The van der Waals surface area contributed by atoms with E-state index in [2.05, 4.69) is 5.32 Å². The molecule has 0 aromatic heterocycles. The van der Waals surface area contributed by atoms with Crippen LogP contribution in [0, 0.1) is 5.92 Å². The first-order chi connectivity index (χ1) is 9.41. The van der Waals surface area contributed by atoms with Crippen molar-refractivity contribution in [3.05, 3.63) is 0 Å². The number of hydrogen-bond donors (Lipinski definition) is 4. The van der Waals surface area contributed by atoms with Crippen LogP contribution in [0.25, 0.3) is 0 Å². The van der Waals surface area contributed by atoms with Crippen LogP contribution in [-0.4, -0.2) is 40.3 Å². The molecule has 1 fully saturated rings. The van der Waals surface area contributed by atoms with Crippen molar-refractivity contribution in [3.63, 3.8) is 0 Å². The third-order valence-electron chi connectivity index (χ3n) is 3.92. The summed E-state index contributed by atoms with van der Waals surface area (Å²) in [4.78, 5) is 20.8. The molecule has 5 N–H and O–H groups in total. The van der Waals surface area contributed by atoms with Gasteiger partial charge in [0.1, 0.15) is 0 Å². The molecule has 0 saturated heterocycles. The SMILES string of the molecule is C[C@H](N)C(=O)NC[C@H](O)CC(C1CCCCC1)[P+](=O)O. The van der Waals surface area contributed by atoms with Crippen LogP contribution in [0.4, 0.5) is 0 Å². The van der Waals surface area contributed by atoms with E-state index in [1.54, 1.807) is 6.92 Å². The zero-order chi connectivity index (χ0) is 15.1. The summed E-state index contributed by atoms with van der Waals surface area (Å²) < 4.78 is 11.5. The van der Waals surface area contributed by atoms with Gasteiger partial charge in [-0.05, 0) is 24.3 Å². The van der Waals surface area contributed by atoms with Crippen LogP contribution in [0.3, 0.4) is 0 Å². The molecule has 20 heavy (non-hydrogen) atoms. The maximum atomic E-state index is 11.5. The van der Waals surface area contributed by atoms with Gasteiger partial charge in [-0.2, -0.15) is 4.89 Å². The molecule has 0 aliphatic heterocycles. The van der Waals surface area contributed by atoms with Crippen molar-refractivity contribution in [3.8, 4) is 0 Å². The first-order valence-electron chi connectivity index (χ1n) is 7.28. The zero-order valence-electron chi connectivity index (χ0n) is 12.0. The maximum Gasteiger partial charge on any atom is 0.509 e. The number of rotatable bonds is 7. The second-order valence-electron chi connectivity index (χ2n) is 5.69. The molecule has 7 heteroatoms. The van der Waals surface area contributed by atoms with E-state index in [0.717, 1.165) is 25.7 Å². The predicted octanol–water partition coefficient (Wildman–Crippen LogP) is 0.884. The second kappa shape index (κ2) is 8.67. The van der Waals surface area contributed by atoms with Crippen LogP contribution in [0.5, 0.6) is 0 Å². The van der Waals surface area contributed by atoms with Crippen LogP contribution in [-0.2, 0) is 9.36 Å². The van der Waals surface area contributed by atoms with E-state index in [-0.39, 0.29) is 30.4 Å². The smallest absolute Gasteiger partial charge is 0.391 e. The van der Waals surface area contributed by atoms with Crippen molar-refractivity contribution in [1.29, 1.82) is 0 Å². The van der Waals surface area contributed by atoms with Gasteiger partial charge in [-0.3, -0.25) is 4.79 Å². The van der Waals surface area contributed by atoms with Gasteiger partial charge < -0.3 is 16.2 Å². The Bertz CT molecular complexity index is 332. The Kier molecular flexibility index (Phi) is 7.59. The zero-order valence-corrected chi connectivity index (χ0v) is 12.9. The van der Waals surface area contributed by atoms with E-state index in [9.17, 15) is 19.4 Å². The first kappa shape index (κ1) is 17.5. The van der Waals surface area contributed by atoms with Crippen LogP contribution in [0.15, 0.2) is 0 Å². The molecule has 0 spiro atoms. The van der Waals surface area contributed by atoms with Crippen molar-refractivity contribution in [2.45, 2.75) is 63.3 Å². The van der Waals surface area contributed by atoms with Gasteiger partial charge in [0.15, 0.2) is 5.66 Å². The molecule has 0 aromatic rings. The lowest BCUT2D eigenvalue weighted by atomic mass is 9.85. The molecule has 1 saturated carbocycles. The van der Waals surface area contributed by atoms with Crippen molar-refractivity contribution < 1.29 is 19.4 Å². The monoisotopic (exact) mass is 305 g/mol. The maximum absolute atomic E-state index is 11.5. The molecule has 2 unspecified atom stereocenters. The standard InChI is InChI=1S/C13H25N2O4P/c1-9(14)13(17)15-8-11(16)7-12(20(18)19)10-5-3-2-4-6-10/h9-12,16H,2-8,14H2,1H3,(H-,15,17,18,19)/p+1/t9-,11+,12?/m0/s1. The highest BCUT2D eigenvalue weighted by Gasteiger charge is 2.39. The summed E-state index contributed by atoms with van der Waals surface area (Å²) >= 11 is 0. The van der Waals surface area contributed by atoms with Crippen LogP contribution < -0.4 is 11.1 Å². The van der Waals surface area contributed by atoms with E-state index in [1.807, 2.05) is 0 Å². The molecule has 6 nitrogen and oxygen atoms in total. The lowest BCUT2D eigenvalue weighted by molar-refractivity contribution is -0.122. The van der Waals surface area contributed by atoms with Gasteiger partial charge in [0.25, 0.3) is 0 Å². The minimum atomic E-state index is -2.31. The molecule has 4 atom stereocenters. The molecule has 0 radical (unpaired) electrons. The normalized spacial score (nSPS) is 21.9. The van der Waals surface area contributed by atoms with Gasteiger partial charge in [-0.25, -0.2) is 0 Å². The van der Waals surface area contributed by atoms with Gasteiger partial charge in [0.2, 0.25) is 5.91 Å². The molecular weight excluding hydrogens is 279 g/mol. The number of aliphatic hydroxyl groups excluding tert-OH is 1. The fourth-order valence-electron chi connectivity index (χ4n) is 2.72. The van der Waals surface area contributed by atoms with Crippen LogP contribution in [0.1, 0.15) is 45.4 Å². The lowest BCUT2D eigenvalue weighted by Crippen LogP contribution is -2.42. The molecule has 116 valence electrons. The Morgan fingerprint density at radius 2 is 2.00 bits per heavy atom.